The van der Waals surface area contributed by atoms with Crippen LogP contribution in [0.5, 0.6) is 0 Å². The SMILES string of the molecule is CC[C@H]1C[C@H](C(=O)Nc2ccccc2)C(=O)O1. The second-order valence-electron chi connectivity index (χ2n) is 4.11. The van der Waals surface area contributed by atoms with Crippen LogP contribution in [-0.4, -0.2) is 18.0 Å². The Morgan fingerprint density at radius 3 is 2.71 bits per heavy atom. The van der Waals surface area contributed by atoms with Gasteiger partial charge in [-0.05, 0) is 18.6 Å². The van der Waals surface area contributed by atoms with Gasteiger partial charge in [0.25, 0.3) is 0 Å². The van der Waals surface area contributed by atoms with Crippen LogP contribution in [0.25, 0.3) is 0 Å². The molecule has 0 aromatic heterocycles. The molecule has 4 nitrogen and oxygen atoms in total. The Hall–Kier alpha value is -1.84. The molecule has 0 radical (unpaired) electrons. The predicted molar refractivity (Wildman–Crippen MR) is 63.3 cm³/mol. The molecule has 1 aliphatic heterocycles. The summed E-state index contributed by atoms with van der Waals surface area (Å²) in [5.41, 5.74) is 0.699. The first kappa shape index (κ1) is 11.6. The average molecular weight is 233 g/mol. The molecule has 0 unspecified atom stereocenters. The molecule has 90 valence electrons. The van der Waals surface area contributed by atoms with E-state index < -0.39 is 11.9 Å². The maximum atomic E-state index is 11.9. The first-order valence-electron chi connectivity index (χ1n) is 5.77. The molecular formula is C13H15NO3. The summed E-state index contributed by atoms with van der Waals surface area (Å²) in [5.74, 6) is -1.36. The molecule has 2 rings (SSSR count). The van der Waals surface area contributed by atoms with Gasteiger partial charge in [0.15, 0.2) is 0 Å². The zero-order chi connectivity index (χ0) is 12.3. The van der Waals surface area contributed by atoms with Crippen molar-refractivity contribution in [2.24, 2.45) is 5.92 Å². The summed E-state index contributed by atoms with van der Waals surface area (Å²) in [6, 6.07) is 9.10. The van der Waals surface area contributed by atoms with Gasteiger partial charge >= 0.3 is 5.97 Å². The molecule has 4 heteroatoms. The molecule has 1 aromatic rings. The Morgan fingerprint density at radius 2 is 2.12 bits per heavy atom. The van der Waals surface area contributed by atoms with E-state index in [0.717, 1.165) is 6.42 Å². The molecule has 0 bridgehead atoms. The quantitative estimate of drug-likeness (QED) is 0.641. The molecule has 17 heavy (non-hydrogen) atoms. The summed E-state index contributed by atoms with van der Waals surface area (Å²) >= 11 is 0. The molecule has 2 atom stereocenters. The number of anilines is 1. The van der Waals surface area contributed by atoms with Crippen molar-refractivity contribution >= 4 is 17.6 Å². The Bertz CT molecular complexity index is 416. The zero-order valence-corrected chi connectivity index (χ0v) is 9.68. The lowest BCUT2D eigenvalue weighted by Gasteiger charge is -2.07. The number of amides is 1. The van der Waals surface area contributed by atoms with Gasteiger partial charge in [0.05, 0.1) is 0 Å². The van der Waals surface area contributed by atoms with E-state index in [0.29, 0.717) is 12.1 Å². The van der Waals surface area contributed by atoms with Crippen LogP contribution < -0.4 is 5.32 Å². The highest BCUT2D eigenvalue weighted by atomic mass is 16.6. The lowest BCUT2D eigenvalue weighted by atomic mass is 10.0. The fourth-order valence-corrected chi connectivity index (χ4v) is 1.87. The van der Waals surface area contributed by atoms with Crippen LogP contribution in [0.2, 0.25) is 0 Å². The molecule has 1 saturated heterocycles. The van der Waals surface area contributed by atoms with Gasteiger partial charge < -0.3 is 10.1 Å². The summed E-state index contributed by atoms with van der Waals surface area (Å²) < 4.78 is 5.08. The topological polar surface area (TPSA) is 55.4 Å². The zero-order valence-electron chi connectivity index (χ0n) is 9.68. The summed E-state index contributed by atoms with van der Waals surface area (Å²) in [4.78, 5) is 23.4. The maximum Gasteiger partial charge on any atom is 0.318 e. The van der Waals surface area contributed by atoms with Gasteiger partial charge in [-0.1, -0.05) is 25.1 Å². The Morgan fingerprint density at radius 1 is 1.41 bits per heavy atom. The monoisotopic (exact) mass is 233 g/mol. The number of cyclic esters (lactones) is 1. The summed E-state index contributed by atoms with van der Waals surface area (Å²) in [6.07, 6.45) is 1.11. The van der Waals surface area contributed by atoms with E-state index in [-0.39, 0.29) is 12.0 Å². The number of carbonyl (C=O) groups excluding carboxylic acids is 2. The van der Waals surface area contributed by atoms with Crippen LogP contribution >= 0.6 is 0 Å². The first-order chi connectivity index (χ1) is 8.20. The van der Waals surface area contributed by atoms with Crippen molar-refractivity contribution in [3.63, 3.8) is 0 Å². The second-order valence-corrected chi connectivity index (χ2v) is 4.11. The van der Waals surface area contributed by atoms with Crippen molar-refractivity contribution in [3.05, 3.63) is 30.3 Å². The minimum Gasteiger partial charge on any atom is -0.462 e. The smallest absolute Gasteiger partial charge is 0.318 e. The predicted octanol–water partition coefficient (Wildman–Crippen LogP) is 1.97. The van der Waals surface area contributed by atoms with E-state index in [9.17, 15) is 9.59 Å². The van der Waals surface area contributed by atoms with Gasteiger partial charge in [0.2, 0.25) is 5.91 Å². The van der Waals surface area contributed by atoms with Crippen LogP contribution in [0.15, 0.2) is 30.3 Å². The average Bonchev–Trinajstić information content (AvgIpc) is 2.72. The third-order valence-corrected chi connectivity index (χ3v) is 2.88. The van der Waals surface area contributed by atoms with E-state index in [1.54, 1.807) is 12.1 Å². The van der Waals surface area contributed by atoms with Crippen LogP contribution in [0.1, 0.15) is 19.8 Å². The largest absolute Gasteiger partial charge is 0.462 e. The van der Waals surface area contributed by atoms with Gasteiger partial charge in [-0.2, -0.15) is 0 Å². The Kier molecular flexibility index (Phi) is 3.42. The number of hydrogen-bond donors (Lipinski definition) is 1. The minimum absolute atomic E-state index is 0.117. The number of ether oxygens (including phenoxy) is 1. The van der Waals surface area contributed by atoms with Crippen molar-refractivity contribution in [1.29, 1.82) is 0 Å². The lowest BCUT2D eigenvalue weighted by molar-refractivity contribution is -0.146. The van der Waals surface area contributed by atoms with Crippen LogP contribution in [0.3, 0.4) is 0 Å². The third kappa shape index (κ3) is 2.64. The van der Waals surface area contributed by atoms with Gasteiger partial charge in [0, 0.05) is 12.1 Å². The van der Waals surface area contributed by atoms with Crippen LogP contribution in [0, 0.1) is 5.92 Å². The van der Waals surface area contributed by atoms with E-state index in [1.165, 1.54) is 0 Å². The van der Waals surface area contributed by atoms with Crippen molar-refractivity contribution in [2.75, 3.05) is 5.32 Å². The second kappa shape index (κ2) is 4.99. The highest BCUT2D eigenvalue weighted by Gasteiger charge is 2.38. The fourth-order valence-electron chi connectivity index (χ4n) is 1.87. The van der Waals surface area contributed by atoms with Gasteiger partial charge in [-0.15, -0.1) is 0 Å². The molecule has 1 fully saturated rings. The number of esters is 1. The van der Waals surface area contributed by atoms with E-state index in [2.05, 4.69) is 5.32 Å². The molecule has 1 aromatic carbocycles. The molecule has 0 saturated carbocycles. The number of nitrogens with one attached hydrogen (secondary N) is 1. The van der Waals surface area contributed by atoms with Crippen molar-refractivity contribution in [2.45, 2.75) is 25.9 Å². The lowest BCUT2D eigenvalue weighted by Crippen LogP contribution is -2.26. The number of rotatable bonds is 3. The minimum atomic E-state index is -0.667. The molecular weight excluding hydrogens is 218 g/mol. The van der Waals surface area contributed by atoms with Gasteiger partial charge in [-0.3, -0.25) is 9.59 Å². The van der Waals surface area contributed by atoms with E-state index in [4.69, 9.17) is 4.74 Å². The number of para-hydroxylation sites is 1. The highest BCUT2D eigenvalue weighted by molar-refractivity contribution is 6.05. The highest BCUT2D eigenvalue weighted by Crippen LogP contribution is 2.24. The van der Waals surface area contributed by atoms with Crippen molar-refractivity contribution < 1.29 is 14.3 Å². The Balaban J connectivity index is 1.99. The Labute approximate surface area is 100.0 Å². The van der Waals surface area contributed by atoms with Crippen LogP contribution in [-0.2, 0) is 14.3 Å². The van der Waals surface area contributed by atoms with Crippen molar-refractivity contribution in [1.82, 2.24) is 0 Å². The normalized spacial score (nSPS) is 23.2. The fraction of sp³-hybridized carbons (Fsp3) is 0.385. The summed E-state index contributed by atoms with van der Waals surface area (Å²) in [5, 5.41) is 2.72. The molecule has 1 N–H and O–H groups in total. The molecule has 0 aliphatic carbocycles. The standard InChI is InChI=1S/C13H15NO3/c1-2-10-8-11(13(16)17-10)12(15)14-9-6-4-3-5-7-9/h3-7,10-11H,2,8H2,1H3,(H,14,15)/t10-,11+/m0/s1. The first-order valence-corrected chi connectivity index (χ1v) is 5.77. The number of hydrogen-bond acceptors (Lipinski definition) is 3. The molecule has 0 spiro atoms. The molecule has 1 amide bonds. The van der Waals surface area contributed by atoms with Crippen molar-refractivity contribution in [3.8, 4) is 0 Å². The van der Waals surface area contributed by atoms with Gasteiger partial charge in [-0.25, -0.2) is 0 Å². The number of benzene rings is 1. The van der Waals surface area contributed by atoms with Crippen LogP contribution in [0.4, 0.5) is 5.69 Å². The molecule has 1 aliphatic rings. The third-order valence-electron chi connectivity index (χ3n) is 2.88. The molecule has 1 heterocycles. The van der Waals surface area contributed by atoms with E-state index in [1.807, 2.05) is 25.1 Å². The van der Waals surface area contributed by atoms with E-state index >= 15 is 0 Å². The summed E-state index contributed by atoms with van der Waals surface area (Å²) in [6.45, 7) is 1.94. The summed E-state index contributed by atoms with van der Waals surface area (Å²) in [7, 11) is 0. The maximum absolute atomic E-state index is 11.9. The number of carbonyl (C=O) groups is 2. The van der Waals surface area contributed by atoms with Gasteiger partial charge in [0.1, 0.15) is 12.0 Å².